The van der Waals surface area contributed by atoms with Gasteiger partial charge in [-0.2, -0.15) is 0 Å². The third-order valence-corrected chi connectivity index (χ3v) is 2.38. The second kappa shape index (κ2) is 5.34. The minimum absolute atomic E-state index is 0.250. The fourth-order valence-corrected chi connectivity index (χ4v) is 1.40. The molecule has 2 aromatic rings. The van der Waals surface area contributed by atoms with E-state index in [9.17, 15) is 4.79 Å². The minimum Gasteiger partial charge on any atom is -0.403 e. The van der Waals surface area contributed by atoms with Crippen LogP contribution in [0.15, 0.2) is 41.3 Å². The van der Waals surface area contributed by atoms with Crippen LogP contribution in [0.1, 0.15) is 0 Å². The van der Waals surface area contributed by atoms with E-state index in [1.54, 1.807) is 29.2 Å². The summed E-state index contributed by atoms with van der Waals surface area (Å²) in [5, 5.41) is 10.5. The molecule has 1 aromatic carbocycles. The summed E-state index contributed by atoms with van der Waals surface area (Å²) in [5.41, 5.74) is 1.47. The van der Waals surface area contributed by atoms with Gasteiger partial charge in [-0.15, -0.1) is 5.10 Å². The van der Waals surface area contributed by atoms with Crippen molar-refractivity contribution in [1.29, 1.82) is 0 Å². The molecule has 0 aliphatic carbocycles. The van der Waals surface area contributed by atoms with Crippen molar-refractivity contribution in [3.05, 3.63) is 36.9 Å². The van der Waals surface area contributed by atoms with Gasteiger partial charge in [-0.25, -0.2) is 0 Å². The third kappa shape index (κ3) is 2.98. The number of anilines is 2. The predicted octanol–water partition coefficient (Wildman–Crippen LogP) is 1.93. The zero-order valence-electron chi connectivity index (χ0n) is 10.8. The third-order valence-electron chi connectivity index (χ3n) is 2.38. The van der Waals surface area contributed by atoms with Crippen LogP contribution in [0, 0.1) is 0 Å². The lowest BCUT2D eigenvalue weighted by Crippen LogP contribution is -2.08. The first kappa shape index (κ1) is 12.8. The molecule has 0 atom stereocenters. The van der Waals surface area contributed by atoms with Crippen LogP contribution in [0.5, 0.6) is 0 Å². The van der Waals surface area contributed by atoms with E-state index in [0.29, 0.717) is 17.6 Å². The van der Waals surface area contributed by atoms with Gasteiger partial charge in [-0.05, 0) is 30.3 Å². The first-order chi connectivity index (χ1) is 9.10. The molecule has 0 bridgehead atoms. The van der Waals surface area contributed by atoms with E-state index >= 15 is 0 Å². The summed E-state index contributed by atoms with van der Waals surface area (Å²) in [6.07, 6.45) is 1.22. The summed E-state index contributed by atoms with van der Waals surface area (Å²) in [7, 11) is 3.65. The molecule has 0 aliphatic heterocycles. The van der Waals surface area contributed by atoms with Crippen LogP contribution in [-0.4, -0.2) is 30.2 Å². The average molecular weight is 258 g/mol. The number of aromatic nitrogens is 2. The maximum absolute atomic E-state index is 11.1. The van der Waals surface area contributed by atoms with Crippen LogP contribution in [-0.2, 0) is 4.79 Å². The molecule has 2 rings (SSSR count). The van der Waals surface area contributed by atoms with Crippen molar-refractivity contribution >= 4 is 17.6 Å². The molecule has 0 saturated heterocycles. The monoisotopic (exact) mass is 258 g/mol. The van der Waals surface area contributed by atoms with E-state index in [0.717, 1.165) is 5.56 Å². The second-order valence-corrected chi connectivity index (χ2v) is 4.05. The summed E-state index contributed by atoms with van der Waals surface area (Å²) in [5.74, 6) is 0.186. The second-order valence-electron chi connectivity index (χ2n) is 4.05. The van der Waals surface area contributed by atoms with Crippen molar-refractivity contribution in [3.8, 4) is 11.5 Å². The van der Waals surface area contributed by atoms with Crippen LogP contribution >= 0.6 is 0 Å². The summed E-state index contributed by atoms with van der Waals surface area (Å²) in [6.45, 7) is 3.39. The van der Waals surface area contributed by atoms with Gasteiger partial charge in [0.1, 0.15) is 0 Å². The van der Waals surface area contributed by atoms with E-state index in [1.807, 2.05) is 14.1 Å². The Bertz CT molecular complexity index is 587. The highest BCUT2D eigenvalue weighted by molar-refractivity contribution is 5.98. The highest BCUT2D eigenvalue weighted by Gasteiger charge is 2.09. The number of hydrogen-bond donors (Lipinski definition) is 1. The zero-order chi connectivity index (χ0) is 13.8. The van der Waals surface area contributed by atoms with Gasteiger partial charge in [0.2, 0.25) is 11.8 Å². The molecule has 0 spiro atoms. The van der Waals surface area contributed by atoms with Crippen molar-refractivity contribution in [1.82, 2.24) is 10.2 Å². The highest BCUT2D eigenvalue weighted by Crippen LogP contribution is 2.22. The number of nitrogens with zero attached hydrogens (tertiary/aromatic N) is 3. The molecule has 98 valence electrons. The lowest BCUT2D eigenvalue weighted by Gasteiger charge is -2.04. The molecule has 19 heavy (non-hydrogen) atoms. The first-order valence-corrected chi connectivity index (χ1v) is 5.65. The van der Waals surface area contributed by atoms with Gasteiger partial charge in [-0.1, -0.05) is 11.7 Å². The van der Waals surface area contributed by atoms with Crippen LogP contribution in [0.25, 0.3) is 11.5 Å². The molecular weight excluding hydrogens is 244 g/mol. The lowest BCUT2D eigenvalue weighted by atomic mass is 10.2. The van der Waals surface area contributed by atoms with Crippen molar-refractivity contribution in [3.63, 3.8) is 0 Å². The number of amides is 1. The molecular formula is C13H14N4O2. The molecule has 6 heteroatoms. The van der Waals surface area contributed by atoms with Crippen molar-refractivity contribution in [2.24, 2.45) is 0 Å². The average Bonchev–Trinajstić information content (AvgIpc) is 2.89. The Kier molecular flexibility index (Phi) is 3.61. The fourth-order valence-electron chi connectivity index (χ4n) is 1.40. The summed E-state index contributed by atoms with van der Waals surface area (Å²) >= 11 is 0. The summed E-state index contributed by atoms with van der Waals surface area (Å²) in [4.78, 5) is 12.9. The van der Waals surface area contributed by atoms with Gasteiger partial charge >= 0.3 is 6.01 Å². The van der Waals surface area contributed by atoms with Gasteiger partial charge < -0.3 is 14.6 Å². The van der Waals surface area contributed by atoms with E-state index in [4.69, 9.17) is 4.42 Å². The Morgan fingerprint density at radius 3 is 2.53 bits per heavy atom. The molecule has 0 unspecified atom stereocenters. The van der Waals surface area contributed by atoms with E-state index in [2.05, 4.69) is 22.1 Å². The SMILES string of the molecule is C=CC(=O)Nc1ccc(-c2nnc(N(C)C)o2)cc1. The number of carbonyl (C=O) groups is 1. The van der Waals surface area contributed by atoms with E-state index in [-0.39, 0.29) is 5.91 Å². The number of hydrogen-bond acceptors (Lipinski definition) is 5. The van der Waals surface area contributed by atoms with Crippen LogP contribution in [0.3, 0.4) is 0 Å². The van der Waals surface area contributed by atoms with Crippen molar-refractivity contribution in [2.45, 2.75) is 0 Å². The highest BCUT2D eigenvalue weighted by atomic mass is 16.4. The first-order valence-electron chi connectivity index (χ1n) is 5.65. The molecule has 1 N–H and O–H groups in total. The summed E-state index contributed by atoms with van der Waals surface area (Å²) in [6, 6.07) is 7.56. The van der Waals surface area contributed by atoms with Gasteiger partial charge in [0, 0.05) is 25.3 Å². The summed E-state index contributed by atoms with van der Waals surface area (Å²) < 4.78 is 5.47. The van der Waals surface area contributed by atoms with Crippen LogP contribution < -0.4 is 10.2 Å². The zero-order valence-corrected chi connectivity index (χ0v) is 10.8. The molecule has 1 aromatic heterocycles. The molecule has 6 nitrogen and oxygen atoms in total. The van der Waals surface area contributed by atoms with E-state index in [1.165, 1.54) is 6.08 Å². The van der Waals surface area contributed by atoms with Gasteiger partial charge in [0.25, 0.3) is 0 Å². The Morgan fingerprint density at radius 1 is 1.32 bits per heavy atom. The molecule has 0 saturated carbocycles. The number of carbonyl (C=O) groups excluding carboxylic acids is 1. The number of rotatable bonds is 4. The Hall–Kier alpha value is -2.63. The van der Waals surface area contributed by atoms with E-state index < -0.39 is 0 Å². The molecule has 1 amide bonds. The van der Waals surface area contributed by atoms with Gasteiger partial charge in [-0.3, -0.25) is 4.79 Å². The molecule has 0 fully saturated rings. The van der Waals surface area contributed by atoms with Crippen LogP contribution in [0.4, 0.5) is 11.7 Å². The maximum atomic E-state index is 11.1. The minimum atomic E-state index is -0.250. The van der Waals surface area contributed by atoms with Crippen molar-refractivity contribution in [2.75, 3.05) is 24.3 Å². The fraction of sp³-hybridized carbons (Fsp3) is 0.154. The van der Waals surface area contributed by atoms with Crippen molar-refractivity contribution < 1.29 is 9.21 Å². The Morgan fingerprint density at radius 2 is 2.00 bits per heavy atom. The van der Waals surface area contributed by atoms with Crippen LogP contribution in [0.2, 0.25) is 0 Å². The normalized spacial score (nSPS) is 10.0. The lowest BCUT2D eigenvalue weighted by molar-refractivity contribution is -0.111. The Labute approximate surface area is 110 Å². The molecule has 1 heterocycles. The topological polar surface area (TPSA) is 71.3 Å². The number of benzene rings is 1. The maximum Gasteiger partial charge on any atom is 0.317 e. The van der Waals surface area contributed by atoms with Gasteiger partial charge in [0.05, 0.1) is 0 Å². The standard InChI is InChI=1S/C13H14N4O2/c1-4-11(18)14-10-7-5-9(6-8-10)12-15-16-13(19-12)17(2)3/h4-8H,1H2,2-3H3,(H,14,18). The molecule has 0 aliphatic rings. The largest absolute Gasteiger partial charge is 0.403 e. The van der Waals surface area contributed by atoms with Gasteiger partial charge in [0.15, 0.2) is 0 Å². The Balaban J connectivity index is 2.17. The smallest absolute Gasteiger partial charge is 0.317 e. The predicted molar refractivity (Wildman–Crippen MR) is 72.9 cm³/mol. The molecule has 0 radical (unpaired) electrons. The number of nitrogens with one attached hydrogen (secondary N) is 1. The quantitative estimate of drug-likeness (QED) is 0.848.